The molecule has 1 aromatic carbocycles. The average Bonchev–Trinajstić information content (AvgIpc) is 2.95. The van der Waals surface area contributed by atoms with Gasteiger partial charge >= 0.3 is 0 Å². The smallest absolute Gasteiger partial charge is 0.299 e. The summed E-state index contributed by atoms with van der Waals surface area (Å²) < 4.78 is 34.0. The number of benzene rings is 1. The molecule has 2 aromatic heterocycles. The maximum absolute atomic E-state index is 12.6. The second-order valence-electron chi connectivity index (χ2n) is 5.08. The van der Waals surface area contributed by atoms with Crippen LogP contribution in [0.1, 0.15) is 11.1 Å². The number of methoxy groups -OCH3 is 1. The maximum Gasteiger partial charge on any atom is 0.299 e. The van der Waals surface area contributed by atoms with Gasteiger partial charge in [0.2, 0.25) is 0 Å². The number of aromatic nitrogens is 4. The summed E-state index contributed by atoms with van der Waals surface area (Å²) in [4.78, 5) is 7.98. The van der Waals surface area contributed by atoms with Crippen LogP contribution in [-0.2, 0) is 21.4 Å². The first-order valence-electron chi connectivity index (χ1n) is 6.89. The maximum atomic E-state index is 12.6. The zero-order valence-electron chi connectivity index (χ0n) is 12.9. The fourth-order valence-corrected chi connectivity index (χ4v) is 3.40. The van der Waals surface area contributed by atoms with Crippen LogP contribution in [0.25, 0.3) is 5.78 Å². The number of nitrogens with zero attached hydrogens (tertiary/aromatic N) is 4. The SMILES string of the molecule is COCc1cccc(Cl)c1NS(=O)(=O)c1nc2ncc(C)cn2n1. The molecular formula is C14H14ClN5O3S. The Morgan fingerprint density at radius 2 is 2.17 bits per heavy atom. The standard InChI is InChI=1S/C14H14ClN5O3S/c1-9-6-16-13-17-14(18-20(13)7-9)24(21,22)19-12-10(8-23-2)4-3-5-11(12)15/h3-7,19H,8H2,1-2H3. The van der Waals surface area contributed by atoms with Crippen molar-refractivity contribution >= 4 is 33.1 Å². The lowest BCUT2D eigenvalue weighted by Crippen LogP contribution is -2.16. The molecule has 1 N–H and O–H groups in total. The molecule has 0 atom stereocenters. The number of fused-ring (bicyclic) bond motifs is 1. The normalized spacial score (nSPS) is 11.8. The van der Waals surface area contributed by atoms with Crippen LogP contribution in [0.4, 0.5) is 5.69 Å². The van der Waals surface area contributed by atoms with Gasteiger partial charge < -0.3 is 4.74 Å². The van der Waals surface area contributed by atoms with Crippen LogP contribution >= 0.6 is 11.6 Å². The monoisotopic (exact) mass is 367 g/mol. The van der Waals surface area contributed by atoms with E-state index in [1.165, 1.54) is 11.6 Å². The molecule has 0 amide bonds. The van der Waals surface area contributed by atoms with Gasteiger partial charge in [0.05, 0.1) is 17.3 Å². The first-order chi connectivity index (χ1) is 11.4. The summed E-state index contributed by atoms with van der Waals surface area (Å²) in [7, 11) is -2.51. The van der Waals surface area contributed by atoms with Gasteiger partial charge in [0.15, 0.2) is 0 Å². The van der Waals surface area contributed by atoms with E-state index in [1.807, 2.05) is 6.92 Å². The number of para-hydroxylation sites is 1. The fraction of sp³-hybridized carbons (Fsp3) is 0.214. The van der Waals surface area contributed by atoms with Crippen molar-refractivity contribution < 1.29 is 13.2 Å². The Labute approximate surface area is 143 Å². The Morgan fingerprint density at radius 1 is 1.38 bits per heavy atom. The Morgan fingerprint density at radius 3 is 2.92 bits per heavy atom. The van der Waals surface area contributed by atoms with E-state index in [1.54, 1.807) is 30.6 Å². The summed E-state index contributed by atoms with van der Waals surface area (Å²) in [5.41, 5.74) is 1.67. The van der Waals surface area contributed by atoms with Gasteiger partial charge in [-0.1, -0.05) is 23.7 Å². The van der Waals surface area contributed by atoms with Crippen molar-refractivity contribution in [2.45, 2.75) is 18.7 Å². The van der Waals surface area contributed by atoms with E-state index >= 15 is 0 Å². The van der Waals surface area contributed by atoms with Crippen molar-refractivity contribution in [2.24, 2.45) is 0 Å². The molecule has 0 radical (unpaired) electrons. The molecule has 0 spiro atoms. The summed E-state index contributed by atoms with van der Waals surface area (Å²) >= 11 is 6.12. The predicted octanol–water partition coefficient (Wildman–Crippen LogP) is 2.03. The summed E-state index contributed by atoms with van der Waals surface area (Å²) in [6.45, 7) is 2.03. The molecule has 0 aliphatic heterocycles. The molecule has 10 heteroatoms. The van der Waals surface area contributed by atoms with Gasteiger partial charge in [-0.25, -0.2) is 9.50 Å². The van der Waals surface area contributed by atoms with Crippen LogP contribution in [0.2, 0.25) is 5.02 Å². The van der Waals surface area contributed by atoms with Crippen molar-refractivity contribution in [3.63, 3.8) is 0 Å². The minimum absolute atomic E-state index is 0.192. The van der Waals surface area contributed by atoms with E-state index in [-0.39, 0.29) is 28.3 Å². The highest BCUT2D eigenvalue weighted by Gasteiger charge is 2.23. The zero-order chi connectivity index (χ0) is 17.3. The Hall–Kier alpha value is -2.23. The first-order valence-corrected chi connectivity index (χ1v) is 8.75. The Balaban J connectivity index is 2.02. The fourth-order valence-electron chi connectivity index (χ4n) is 2.11. The quantitative estimate of drug-likeness (QED) is 0.740. The number of hydrogen-bond donors (Lipinski definition) is 1. The highest BCUT2D eigenvalue weighted by Crippen LogP contribution is 2.28. The highest BCUT2D eigenvalue weighted by molar-refractivity contribution is 7.92. The van der Waals surface area contributed by atoms with Gasteiger partial charge in [0.1, 0.15) is 0 Å². The molecule has 0 aliphatic rings. The van der Waals surface area contributed by atoms with Crippen LogP contribution in [-0.4, -0.2) is 35.1 Å². The largest absolute Gasteiger partial charge is 0.380 e. The number of halogens is 1. The van der Waals surface area contributed by atoms with E-state index in [2.05, 4.69) is 19.8 Å². The molecule has 3 rings (SSSR count). The topological polar surface area (TPSA) is 98.5 Å². The molecule has 3 aromatic rings. The Bertz CT molecular complexity index is 1000. The van der Waals surface area contributed by atoms with Gasteiger partial charge in [-0.05, 0) is 18.6 Å². The van der Waals surface area contributed by atoms with Crippen LogP contribution in [0, 0.1) is 6.92 Å². The number of sulfonamides is 1. The molecule has 0 unspecified atom stereocenters. The van der Waals surface area contributed by atoms with E-state index in [4.69, 9.17) is 16.3 Å². The Kier molecular flexibility index (Phi) is 4.39. The lowest BCUT2D eigenvalue weighted by molar-refractivity contribution is 0.185. The van der Waals surface area contributed by atoms with E-state index < -0.39 is 10.0 Å². The summed E-state index contributed by atoms with van der Waals surface area (Å²) in [5, 5.41) is 3.84. The summed E-state index contributed by atoms with van der Waals surface area (Å²) in [5.74, 6) is 0.192. The number of aryl methyl sites for hydroxylation is 1. The molecule has 0 fully saturated rings. The van der Waals surface area contributed by atoms with Crippen LogP contribution < -0.4 is 4.72 Å². The van der Waals surface area contributed by atoms with Crippen molar-refractivity contribution in [3.05, 3.63) is 46.7 Å². The van der Waals surface area contributed by atoms with E-state index in [0.29, 0.717) is 5.56 Å². The van der Waals surface area contributed by atoms with E-state index in [9.17, 15) is 8.42 Å². The molecule has 0 saturated heterocycles. The first kappa shape index (κ1) is 16.6. The molecule has 2 heterocycles. The van der Waals surface area contributed by atoms with E-state index in [0.717, 1.165) is 5.56 Å². The lowest BCUT2D eigenvalue weighted by atomic mass is 10.2. The van der Waals surface area contributed by atoms with Gasteiger partial charge in [0, 0.05) is 25.1 Å². The van der Waals surface area contributed by atoms with Gasteiger partial charge in [-0.15, -0.1) is 5.10 Å². The number of rotatable bonds is 5. The second kappa shape index (κ2) is 6.34. The molecular weight excluding hydrogens is 354 g/mol. The minimum atomic E-state index is -4.02. The van der Waals surface area contributed by atoms with Gasteiger partial charge in [-0.3, -0.25) is 4.72 Å². The molecule has 24 heavy (non-hydrogen) atoms. The molecule has 0 bridgehead atoms. The van der Waals surface area contributed by atoms with Crippen LogP contribution in [0.5, 0.6) is 0 Å². The molecule has 126 valence electrons. The van der Waals surface area contributed by atoms with Gasteiger partial charge in [-0.2, -0.15) is 13.4 Å². The zero-order valence-corrected chi connectivity index (χ0v) is 14.5. The average molecular weight is 368 g/mol. The molecule has 0 aliphatic carbocycles. The number of hydrogen-bond acceptors (Lipinski definition) is 6. The van der Waals surface area contributed by atoms with Crippen molar-refractivity contribution in [1.29, 1.82) is 0 Å². The summed E-state index contributed by atoms with van der Waals surface area (Å²) in [6.07, 6.45) is 3.22. The van der Waals surface area contributed by atoms with Crippen LogP contribution in [0.3, 0.4) is 0 Å². The number of nitrogens with one attached hydrogen (secondary N) is 1. The molecule has 0 saturated carbocycles. The van der Waals surface area contributed by atoms with Crippen LogP contribution in [0.15, 0.2) is 35.7 Å². The lowest BCUT2D eigenvalue weighted by Gasteiger charge is -2.12. The van der Waals surface area contributed by atoms with Crippen molar-refractivity contribution in [1.82, 2.24) is 19.6 Å². The predicted molar refractivity (Wildman–Crippen MR) is 88.5 cm³/mol. The minimum Gasteiger partial charge on any atom is -0.380 e. The summed E-state index contributed by atoms with van der Waals surface area (Å²) in [6, 6.07) is 5.01. The highest BCUT2D eigenvalue weighted by atomic mass is 35.5. The van der Waals surface area contributed by atoms with Crippen molar-refractivity contribution in [2.75, 3.05) is 11.8 Å². The third-order valence-corrected chi connectivity index (χ3v) is 4.62. The third kappa shape index (κ3) is 3.18. The molecule has 8 nitrogen and oxygen atoms in total. The number of anilines is 1. The van der Waals surface area contributed by atoms with Gasteiger partial charge in [0.25, 0.3) is 21.0 Å². The van der Waals surface area contributed by atoms with Crippen molar-refractivity contribution in [3.8, 4) is 0 Å². The third-order valence-electron chi connectivity index (χ3n) is 3.18. The number of ether oxygens (including phenoxy) is 1. The second-order valence-corrected chi connectivity index (χ2v) is 7.07.